The van der Waals surface area contributed by atoms with E-state index in [0.29, 0.717) is 17.1 Å². The fraction of sp³-hybridized carbons (Fsp3) is 0.462. The minimum Gasteiger partial charge on any atom is -0.345 e. The van der Waals surface area contributed by atoms with Crippen LogP contribution in [-0.4, -0.2) is 18.0 Å². The molecule has 0 saturated heterocycles. The lowest BCUT2D eigenvalue weighted by atomic mass is 9.88. The lowest BCUT2D eigenvalue weighted by molar-refractivity contribution is 0.0883. The van der Waals surface area contributed by atoms with Crippen LogP contribution in [0.2, 0.25) is 5.02 Å². The van der Waals surface area contributed by atoms with Crippen molar-refractivity contribution in [3.8, 4) is 0 Å². The Morgan fingerprint density at radius 3 is 2.61 bits per heavy atom. The van der Waals surface area contributed by atoms with Gasteiger partial charge >= 0.3 is 0 Å². The van der Waals surface area contributed by atoms with Gasteiger partial charge in [-0.15, -0.1) is 0 Å². The zero-order chi connectivity index (χ0) is 13.9. The lowest BCUT2D eigenvalue weighted by Crippen LogP contribution is -2.55. The molecule has 0 heterocycles. The molecule has 1 unspecified atom stereocenters. The predicted molar refractivity (Wildman–Crippen MR) is 83.9 cm³/mol. The molecule has 100 valence electrons. The Labute approximate surface area is 127 Å². The standard InChI is InChI=1S/C13H18ClIN2O/c1-8(2)13(3,7-16)17-12(18)10-5-4-9(15)6-11(10)14/h4-6,8H,7,16H2,1-3H3,(H,17,18). The van der Waals surface area contributed by atoms with Gasteiger partial charge in [-0.2, -0.15) is 0 Å². The van der Waals surface area contributed by atoms with Crippen molar-refractivity contribution in [3.05, 3.63) is 32.4 Å². The molecular formula is C13H18ClIN2O. The SMILES string of the molecule is CC(C)C(C)(CN)NC(=O)c1ccc(I)cc1Cl. The van der Waals surface area contributed by atoms with E-state index in [0.717, 1.165) is 3.57 Å². The van der Waals surface area contributed by atoms with Gasteiger partial charge in [-0.25, -0.2) is 0 Å². The molecule has 0 aliphatic carbocycles. The summed E-state index contributed by atoms with van der Waals surface area (Å²) in [6.07, 6.45) is 0. The molecule has 3 nitrogen and oxygen atoms in total. The molecule has 18 heavy (non-hydrogen) atoms. The van der Waals surface area contributed by atoms with Crippen molar-refractivity contribution in [1.29, 1.82) is 0 Å². The molecule has 1 aromatic rings. The molecule has 0 spiro atoms. The summed E-state index contributed by atoms with van der Waals surface area (Å²) in [4.78, 5) is 12.2. The molecule has 3 N–H and O–H groups in total. The van der Waals surface area contributed by atoms with Crippen molar-refractivity contribution in [2.45, 2.75) is 26.3 Å². The van der Waals surface area contributed by atoms with Gasteiger partial charge in [0.2, 0.25) is 0 Å². The Morgan fingerprint density at radius 1 is 1.56 bits per heavy atom. The minimum absolute atomic E-state index is 0.182. The first kappa shape index (κ1) is 15.7. The Hall–Kier alpha value is -0.330. The number of benzene rings is 1. The first-order valence-electron chi connectivity index (χ1n) is 5.78. The normalized spacial score (nSPS) is 14.4. The van der Waals surface area contributed by atoms with Gasteiger partial charge in [-0.05, 0) is 53.6 Å². The van der Waals surface area contributed by atoms with E-state index in [-0.39, 0.29) is 11.8 Å². The largest absolute Gasteiger partial charge is 0.345 e. The molecule has 5 heteroatoms. The molecule has 0 aromatic heterocycles. The van der Waals surface area contributed by atoms with Gasteiger partial charge < -0.3 is 11.1 Å². The van der Waals surface area contributed by atoms with Crippen molar-refractivity contribution >= 4 is 40.1 Å². The molecule has 0 fully saturated rings. The number of nitrogens with one attached hydrogen (secondary N) is 1. The van der Waals surface area contributed by atoms with Crippen molar-refractivity contribution in [1.82, 2.24) is 5.32 Å². The second kappa shape index (κ2) is 6.21. The van der Waals surface area contributed by atoms with Gasteiger partial charge in [0, 0.05) is 10.1 Å². The second-order valence-corrected chi connectivity index (χ2v) is 6.51. The van der Waals surface area contributed by atoms with Gasteiger partial charge in [-0.3, -0.25) is 4.79 Å². The maximum atomic E-state index is 12.2. The highest BCUT2D eigenvalue weighted by Gasteiger charge is 2.29. The van der Waals surface area contributed by atoms with Crippen LogP contribution in [-0.2, 0) is 0 Å². The van der Waals surface area contributed by atoms with Crippen LogP contribution in [0.15, 0.2) is 18.2 Å². The highest BCUT2D eigenvalue weighted by molar-refractivity contribution is 14.1. The molecule has 1 rings (SSSR count). The molecule has 0 aliphatic rings. The number of carbonyl (C=O) groups excluding carboxylic acids is 1. The van der Waals surface area contributed by atoms with Crippen molar-refractivity contribution < 1.29 is 4.79 Å². The van der Waals surface area contributed by atoms with Crippen LogP contribution < -0.4 is 11.1 Å². The fourth-order valence-corrected chi connectivity index (χ4v) is 2.37. The second-order valence-electron chi connectivity index (χ2n) is 4.85. The monoisotopic (exact) mass is 380 g/mol. The summed E-state index contributed by atoms with van der Waals surface area (Å²) in [6.45, 7) is 6.39. The van der Waals surface area contributed by atoms with Crippen LogP contribution in [0.5, 0.6) is 0 Å². The van der Waals surface area contributed by atoms with Crippen LogP contribution in [0, 0.1) is 9.49 Å². The molecule has 1 atom stereocenters. The van der Waals surface area contributed by atoms with E-state index in [9.17, 15) is 4.79 Å². The molecule has 0 bridgehead atoms. The van der Waals surface area contributed by atoms with Crippen LogP contribution in [0.25, 0.3) is 0 Å². The van der Waals surface area contributed by atoms with E-state index in [1.807, 2.05) is 26.8 Å². The molecular weight excluding hydrogens is 363 g/mol. The van der Waals surface area contributed by atoms with Gasteiger partial charge in [0.1, 0.15) is 0 Å². The smallest absolute Gasteiger partial charge is 0.253 e. The zero-order valence-corrected chi connectivity index (χ0v) is 13.7. The summed E-state index contributed by atoms with van der Waals surface area (Å²) < 4.78 is 1.000. The number of amides is 1. The molecule has 0 aliphatic heterocycles. The number of halogens is 2. The first-order valence-corrected chi connectivity index (χ1v) is 7.23. The topological polar surface area (TPSA) is 55.1 Å². The van der Waals surface area contributed by atoms with Crippen LogP contribution in [0.1, 0.15) is 31.1 Å². The van der Waals surface area contributed by atoms with E-state index in [1.165, 1.54) is 0 Å². The number of nitrogens with two attached hydrogens (primary N) is 1. The van der Waals surface area contributed by atoms with Crippen molar-refractivity contribution in [2.24, 2.45) is 11.7 Å². The highest BCUT2D eigenvalue weighted by Crippen LogP contribution is 2.21. The number of hydrogen-bond donors (Lipinski definition) is 2. The molecule has 0 saturated carbocycles. The molecule has 1 aromatic carbocycles. The zero-order valence-electron chi connectivity index (χ0n) is 10.8. The number of carbonyl (C=O) groups is 1. The van der Waals surface area contributed by atoms with Gasteiger partial charge in [0.05, 0.1) is 16.1 Å². The van der Waals surface area contributed by atoms with Gasteiger partial charge in [0.25, 0.3) is 5.91 Å². The average Bonchev–Trinajstić information content (AvgIpc) is 2.28. The number of hydrogen-bond acceptors (Lipinski definition) is 2. The molecule has 1 amide bonds. The number of rotatable bonds is 4. The summed E-state index contributed by atoms with van der Waals surface area (Å²) in [5.41, 5.74) is 5.80. The Kier molecular flexibility index (Phi) is 5.43. The summed E-state index contributed by atoms with van der Waals surface area (Å²) in [6, 6.07) is 5.36. The summed E-state index contributed by atoms with van der Waals surface area (Å²) in [5.74, 6) is 0.0622. The van der Waals surface area contributed by atoms with Crippen LogP contribution in [0.4, 0.5) is 0 Å². The lowest BCUT2D eigenvalue weighted by Gasteiger charge is -2.33. The quantitative estimate of drug-likeness (QED) is 0.789. The maximum Gasteiger partial charge on any atom is 0.253 e. The third-order valence-corrected chi connectivity index (χ3v) is 4.26. The fourth-order valence-electron chi connectivity index (χ4n) is 1.43. The summed E-state index contributed by atoms with van der Waals surface area (Å²) in [7, 11) is 0. The third-order valence-electron chi connectivity index (χ3n) is 3.27. The van der Waals surface area contributed by atoms with Crippen molar-refractivity contribution in [3.63, 3.8) is 0 Å². The van der Waals surface area contributed by atoms with E-state index in [4.69, 9.17) is 17.3 Å². The van der Waals surface area contributed by atoms with E-state index in [2.05, 4.69) is 27.9 Å². The van der Waals surface area contributed by atoms with E-state index < -0.39 is 5.54 Å². The average molecular weight is 381 g/mol. The van der Waals surface area contributed by atoms with Gasteiger partial charge in [0.15, 0.2) is 0 Å². The van der Waals surface area contributed by atoms with Crippen LogP contribution in [0.3, 0.4) is 0 Å². The first-order chi connectivity index (χ1) is 8.30. The Bertz CT molecular complexity index is 451. The summed E-state index contributed by atoms with van der Waals surface area (Å²) in [5, 5.41) is 3.43. The van der Waals surface area contributed by atoms with E-state index >= 15 is 0 Å². The van der Waals surface area contributed by atoms with Crippen LogP contribution >= 0.6 is 34.2 Å². The maximum absolute atomic E-state index is 12.2. The summed E-state index contributed by atoms with van der Waals surface area (Å²) >= 11 is 8.23. The Balaban J connectivity index is 2.95. The van der Waals surface area contributed by atoms with E-state index in [1.54, 1.807) is 12.1 Å². The van der Waals surface area contributed by atoms with Crippen molar-refractivity contribution in [2.75, 3.05) is 6.54 Å². The predicted octanol–water partition coefficient (Wildman–Crippen LogP) is 3.05. The third kappa shape index (κ3) is 3.59. The minimum atomic E-state index is -0.427. The van der Waals surface area contributed by atoms with Gasteiger partial charge in [-0.1, -0.05) is 25.4 Å². The molecule has 0 radical (unpaired) electrons. The highest BCUT2D eigenvalue weighted by atomic mass is 127. The Morgan fingerprint density at radius 2 is 2.17 bits per heavy atom.